The van der Waals surface area contributed by atoms with Gasteiger partial charge in [0.05, 0.1) is 6.20 Å². The molecule has 5 rings (SSSR count). The summed E-state index contributed by atoms with van der Waals surface area (Å²) in [6, 6.07) is 0.165. The SMILES string of the molecule is Cn1cc(C(N)C23CC4CC(C)(CC(C)(C4)C2)C3)cn1. The van der Waals surface area contributed by atoms with E-state index in [9.17, 15) is 0 Å². The molecule has 0 aliphatic heterocycles. The van der Waals surface area contributed by atoms with Gasteiger partial charge in [-0.15, -0.1) is 0 Å². The maximum atomic E-state index is 6.77. The Bertz CT molecular complexity index is 528. The first-order chi connectivity index (χ1) is 9.32. The van der Waals surface area contributed by atoms with Crippen molar-refractivity contribution in [1.29, 1.82) is 0 Å². The maximum Gasteiger partial charge on any atom is 0.0537 e. The Balaban J connectivity index is 1.73. The zero-order valence-electron chi connectivity index (χ0n) is 13.0. The van der Waals surface area contributed by atoms with E-state index in [-0.39, 0.29) is 6.04 Å². The maximum absolute atomic E-state index is 6.77. The Morgan fingerprint density at radius 2 is 1.85 bits per heavy atom. The van der Waals surface area contributed by atoms with Crippen molar-refractivity contribution in [2.75, 3.05) is 0 Å². The van der Waals surface area contributed by atoms with E-state index in [4.69, 9.17) is 5.73 Å². The van der Waals surface area contributed by atoms with Crippen LogP contribution in [0.5, 0.6) is 0 Å². The second-order valence-electron chi connectivity index (χ2n) is 8.92. The topological polar surface area (TPSA) is 43.8 Å². The summed E-state index contributed by atoms with van der Waals surface area (Å²) in [5.41, 5.74) is 9.41. The lowest BCUT2D eigenvalue weighted by Crippen LogP contribution is -2.58. The molecular formula is C17H27N3. The Morgan fingerprint density at radius 3 is 2.35 bits per heavy atom. The first kappa shape index (κ1) is 12.9. The standard InChI is InChI=1S/C17H27N3/c1-15-4-12-5-16(2,9-15)11-17(6-12,10-15)14(18)13-7-19-20(3)8-13/h7-8,12,14H,4-6,9-11,18H2,1-3H3. The van der Waals surface area contributed by atoms with Crippen LogP contribution in [0.15, 0.2) is 12.4 Å². The third-order valence-corrected chi connectivity index (χ3v) is 6.41. The Hall–Kier alpha value is -0.830. The molecule has 110 valence electrons. The van der Waals surface area contributed by atoms with Gasteiger partial charge in [0.2, 0.25) is 0 Å². The minimum Gasteiger partial charge on any atom is -0.323 e. The smallest absolute Gasteiger partial charge is 0.0537 e. The first-order valence-corrected chi connectivity index (χ1v) is 8.06. The van der Waals surface area contributed by atoms with Crippen LogP contribution in [0.3, 0.4) is 0 Å². The molecule has 0 radical (unpaired) electrons. The van der Waals surface area contributed by atoms with Gasteiger partial charge in [-0.2, -0.15) is 5.10 Å². The van der Waals surface area contributed by atoms with Crippen LogP contribution in [0.4, 0.5) is 0 Å². The summed E-state index contributed by atoms with van der Waals surface area (Å²) in [6.07, 6.45) is 12.4. The first-order valence-electron chi connectivity index (χ1n) is 8.06. The second-order valence-corrected chi connectivity index (χ2v) is 8.92. The van der Waals surface area contributed by atoms with Crippen molar-refractivity contribution in [1.82, 2.24) is 9.78 Å². The summed E-state index contributed by atoms with van der Waals surface area (Å²) < 4.78 is 1.89. The monoisotopic (exact) mass is 273 g/mol. The highest BCUT2D eigenvalue weighted by Crippen LogP contribution is 2.71. The van der Waals surface area contributed by atoms with Crippen molar-refractivity contribution in [3.8, 4) is 0 Å². The van der Waals surface area contributed by atoms with Crippen molar-refractivity contribution in [3.05, 3.63) is 18.0 Å². The third-order valence-electron chi connectivity index (χ3n) is 6.41. The molecule has 0 aromatic carbocycles. The highest BCUT2D eigenvalue weighted by Gasteiger charge is 2.61. The molecular weight excluding hydrogens is 246 g/mol. The van der Waals surface area contributed by atoms with Crippen LogP contribution in [0, 0.1) is 22.2 Å². The summed E-state index contributed by atoms with van der Waals surface area (Å²) >= 11 is 0. The number of aromatic nitrogens is 2. The fourth-order valence-corrected chi connectivity index (χ4v) is 6.84. The third kappa shape index (κ3) is 1.71. The van der Waals surface area contributed by atoms with Crippen LogP contribution in [0.25, 0.3) is 0 Å². The summed E-state index contributed by atoms with van der Waals surface area (Å²) in [4.78, 5) is 0. The van der Waals surface area contributed by atoms with Gasteiger partial charge >= 0.3 is 0 Å². The molecule has 2 N–H and O–H groups in total. The predicted octanol–water partition coefficient (Wildman–Crippen LogP) is 3.42. The molecule has 3 atom stereocenters. The van der Waals surface area contributed by atoms with Crippen molar-refractivity contribution in [2.45, 2.75) is 58.4 Å². The molecule has 0 spiro atoms. The molecule has 20 heavy (non-hydrogen) atoms. The van der Waals surface area contributed by atoms with Crippen LogP contribution < -0.4 is 5.73 Å². The van der Waals surface area contributed by atoms with Gasteiger partial charge in [0, 0.05) is 24.8 Å². The van der Waals surface area contributed by atoms with Gasteiger partial charge in [0.15, 0.2) is 0 Å². The van der Waals surface area contributed by atoms with Crippen molar-refractivity contribution in [2.24, 2.45) is 34.9 Å². The van der Waals surface area contributed by atoms with E-state index in [2.05, 4.69) is 25.1 Å². The van der Waals surface area contributed by atoms with Crippen LogP contribution in [-0.4, -0.2) is 9.78 Å². The molecule has 3 heteroatoms. The average molecular weight is 273 g/mol. The minimum absolute atomic E-state index is 0.165. The summed E-state index contributed by atoms with van der Waals surface area (Å²) in [5.74, 6) is 0.906. The van der Waals surface area contributed by atoms with E-state index in [1.54, 1.807) is 0 Å². The van der Waals surface area contributed by atoms with Gasteiger partial charge in [-0.1, -0.05) is 13.8 Å². The normalized spacial score (nSPS) is 47.7. The van der Waals surface area contributed by atoms with Crippen LogP contribution in [0.1, 0.15) is 64.0 Å². The number of hydrogen-bond acceptors (Lipinski definition) is 2. The van der Waals surface area contributed by atoms with Gasteiger partial charge in [-0.05, 0) is 60.7 Å². The van der Waals surface area contributed by atoms with E-state index in [1.807, 2.05) is 17.9 Å². The Morgan fingerprint density at radius 1 is 1.20 bits per heavy atom. The average Bonchev–Trinajstić information content (AvgIpc) is 2.69. The lowest BCUT2D eigenvalue weighted by molar-refractivity contribution is -0.154. The van der Waals surface area contributed by atoms with Gasteiger partial charge < -0.3 is 5.73 Å². The molecule has 4 saturated carbocycles. The summed E-state index contributed by atoms with van der Waals surface area (Å²) in [7, 11) is 1.98. The molecule has 1 aromatic rings. The van der Waals surface area contributed by atoms with Crippen LogP contribution in [-0.2, 0) is 7.05 Å². The molecule has 4 aliphatic carbocycles. The van der Waals surface area contributed by atoms with E-state index < -0.39 is 0 Å². The molecule has 0 saturated heterocycles. The zero-order valence-corrected chi connectivity index (χ0v) is 13.0. The number of nitrogens with zero attached hydrogens (tertiary/aromatic N) is 2. The molecule has 4 aliphatic rings. The van der Waals surface area contributed by atoms with Gasteiger partial charge in [-0.25, -0.2) is 0 Å². The van der Waals surface area contributed by atoms with Crippen LogP contribution >= 0.6 is 0 Å². The number of hydrogen-bond donors (Lipinski definition) is 1. The Labute approximate surface area is 121 Å². The minimum atomic E-state index is 0.165. The van der Waals surface area contributed by atoms with E-state index in [0.717, 1.165) is 5.92 Å². The van der Waals surface area contributed by atoms with Gasteiger partial charge in [0.1, 0.15) is 0 Å². The lowest BCUT2D eigenvalue weighted by Gasteiger charge is -2.66. The van der Waals surface area contributed by atoms with Crippen LogP contribution in [0.2, 0.25) is 0 Å². The molecule has 3 nitrogen and oxygen atoms in total. The zero-order chi connectivity index (χ0) is 14.2. The van der Waals surface area contributed by atoms with Gasteiger partial charge in [-0.3, -0.25) is 4.68 Å². The molecule has 1 aromatic heterocycles. The highest BCUT2D eigenvalue weighted by molar-refractivity contribution is 5.20. The molecule has 0 amide bonds. The lowest BCUT2D eigenvalue weighted by atomic mass is 9.39. The van der Waals surface area contributed by atoms with E-state index >= 15 is 0 Å². The van der Waals surface area contributed by atoms with E-state index in [0.29, 0.717) is 16.2 Å². The number of nitrogens with two attached hydrogens (primary N) is 1. The predicted molar refractivity (Wildman–Crippen MR) is 80.0 cm³/mol. The van der Waals surface area contributed by atoms with Gasteiger partial charge in [0.25, 0.3) is 0 Å². The molecule has 3 unspecified atom stereocenters. The van der Waals surface area contributed by atoms with Crippen molar-refractivity contribution in [3.63, 3.8) is 0 Å². The quantitative estimate of drug-likeness (QED) is 0.897. The number of aryl methyl sites for hydroxylation is 1. The molecule has 4 fully saturated rings. The fraction of sp³-hybridized carbons (Fsp3) is 0.824. The highest BCUT2D eigenvalue weighted by atomic mass is 15.2. The molecule has 4 bridgehead atoms. The second kappa shape index (κ2) is 3.68. The Kier molecular flexibility index (Phi) is 2.37. The van der Waals surface area contributed by atoms with E-state index in [1.165, 1.54) is 44.1 Å². The summed E-state index contributed by atoms with van der Waals surface area (Å²) in [6.45, 7) is 5.03. The largest absolute Gasteiger partial charge is 0.323 e. The summed E-state index contributed by atoms with van der Waals surface area (Å²) in [5, 5.41) is 4.34. The van der Waals surface area contributed by atoms with Crippen molar-refractivity contribution >= 4 is 0 Å². The molecule has 1 heterocycles. The van der Waals surface area contributed by atoms with Crippen molar-refractivity contribution < 1.29 is 0 Å². The fourth-order valence-electron chi connectivity index (χ4n) is 6.84. The number of rotatable bonds is 2.